The van der Waals surface area contributed by atoms with E-state index in [-0.39, 0.29) is 30.8 Å². The second-order valence-corrected chi connectivity index (χ2v) is 6.77. The molecule has 4 amide bonds. The number of likely N-dealkylation sites (tertiary alicyclic amines) is 1. The number of urea groups is 1. The molecule has 26 heavy (non-hydrogen) atoms. The number of pyridine rings is 1. The number of hydrogen-bond donors (Lipinski definition) is 1. The highest BCUT2D eigenvalue weighted by atomic mass is 16.2. The number of piperidine rings is 1. The standard InChI is InChI=1S/C19H20N4O3/c24-17-10-21-19(26)23(17)12-18(25)22-7-3-6-15(11-22)16-8-13-4-1-2-5-14(13)9-20-16/h1-2,4-5,8-9,15H,3,6-7,10-12H2,(H,21,26)/t15-/m0/s1. The Kier molecular flexibility index (Phi) is 4.28. The highest BCUT2D eigenvalue weighted by molar-refractivity contribution is 6.04. The van der Waals surface area contributed by atoms with Gasteiger partial charge in [-0.3, -0.25) is 19.5 Å². The van der Waals surface area contributed by atoms with Crippen LogP contribution in [0.1, 0.15) is 24.5 Å². The van der Waals surface area contributed by atoms with Crippen LogP contribution in [0, 0.1) is 0 Å². The van der Waals surface area contributed by atoms with Crippen LogP contribution in [-0.4, -0.2) is 58.8 Å². The van der Waals surface area contributed by atoms with Crippen molar-refractivity contribution in [3.63, 3.8) is 0 Å². The number of carbonyl (C=O) groups excluding carboxylic acids is 3. The fourth-order valence-corrected chi connectivity index (χ4v) is 3.62. The van der Waals surface area contributed by atoms with Gasteiger partial charge in [-0.15, -0.1) is 0 Å². The molecule has 1 atom stereocenters. The summed E-state index contributed by atoms with van der Waals surface area (Å²) in [5, 5.41) is 4.67. The molecule has 2 fully saturated rings. The zero-order valence-electron chi connectivity index (χ0n) is 14.4. The Morgan fingerprint density at radius 3 is 2.81 bits per heavy atom. The van der Waals surface area contributed by atoms with Gasteiger partial charge in [-0.25, -0.2) is 4.79 Å². The molecule has 3 heterocycles. The molecule has 1 aromatic carbocycles. The van der Waals surface area contributed by atoms with Crippen molar-refractivity contribution < 1.29 is 14.4 Å². The van der Waals surface area contributed by atoms with Gasteiger partial charge in [0.1, 0.15) is 6.54 Å². The summed E-state index contributed by atoms with van der Waals surface area (Å²) in [5.74, 6) is -0.380. The highest BCUT2D eigenvalue weighted by Crippen LogP contribution is 2.27. The summed E-state index contributed by atoms with van der Waals surface area (Å²) in [6, 6.07) is 9.67. The van der Waals surface area contributed by atoms with E-state index in [9.17, 15) is 14.4 Å². The van der Waals surface area contributed by atoms with E-state index in [0.29, 0.717) is 13.1 Å². The fourth-order valence-electron chi connectivity index (χ4n) is 3.62. The first kappa shape index (κ1) is 16.5. The van der Waals surface area contributed by atoms with Gasteiger partial charge >= 0.3 is 6.03 Å². The Morgan fingerprint density at radius 2 is 2.04 bits per heavy atom. The summed E-state index contributed by atoms with van der Waals surface area (Å²) in [4.78, 5) is 43.2. The molecule has 1 aromatic heterocycles. The first-order valence-corrected chi connectivity index (χ1v) is 8.82. The van der Waals surface area contributed by atoms with Crippen LogP contribution in [0.4, 0.5) is 4.79 Å². The van der Waals surface area contributed by atoms with E-state index >= 15 is 0 Å². The van der Waals surface area contributed by atoms with Crippen molar-refractivity contribution in [2.45, 2.75) is 18.8 Å². The van der Waals surface area contributed by atoms with E-state index in [1.807, 2.05) is 24.4 Å². The van der Waals surface area contributed by atoms with Gasteiger partial charge in [0.05, 0.1) is 6.54 Å². The van der Waals surface area contributed by atoms with Crippen molar-refractivity contribution in [2.75, 3.05) is 26.2 Å². The molecule has 1 N–H and O–H groups in total. The van der Waals surface area contributed by atoms with Crippen LogP contribution < -0.4 is 5.32 Å². The third-order valence-corrected chi connectivity index (χ3v) is 5.07. The van der Waals surface area contributed by atoms with E-state index in [2.05, 4.69) is 22.4 Å². The molecule has 0 bridgehead atoms. The Morgan fingerprint density at radius 1 is 1.23 bits per heavy atom. The zero-order chi connectivity index (χ0) is 18.1. The molecule has 0 spiro atoms. The highest BCUT2D eigenvalue weighted by Gasteiger charge is 2.33. The van der Waals surface area contributed by atoms with Gasteiger partial charge in [0, 0.05) is 36.3 Å². The van der Waals surface area contributed by atoms with Crippen molar-refractivity contribution in [1.29, 1.82) is 0 Å². The SMILES string of the molecule is O=C(CN1C(=O)CNC1=O)N1CCC[C@H](c2cc3ccccc3cn2)C1. The average molecular weight is 352 g/mol. The number of carbonyl (C=O) groups is 3. The second-order valence-electron chi connectivity index (χ2n) is 6.77. The summed E-state index contributed by atoms with van der Waals surface area (Å²) in [7, 11) is 0. The molecule has 0 saturated carbocycles. The average Bonchev–Trinajstić information content (AvgIpc) is 2.99. The predicted molar refractivity (Wildman–Crippen MR) is 95.4 cm³/mol. The number of rotatable bonds is 3. The Labute approximate surface area is 151 Å². The predicted octanol–water partition coefficient (Wildman–Crippen LogP) is 1.49. The van der Waals surface area contributed by atoms with Gasteiger partial charge in [-0.1, -0.05) is 24.3 Å². The summed E-state index contributed by atoms with van der Waals surface area (Å²) in [5.41, 5.74) is 0.983. The largest absolute Gasteiger partial charge is 0.340 e. The third-order valence-electron chi connectivity index (χ3n) is 5.07. The molecule has 2 aliphatic rings. The first-order chi connectivity index (χ1) is 12.6. The minimum atomic E-state index is -0.492. The number of aromatic nitrogens is 1. The monoisotopic (exact) mass is 352 g/mol. The molecule has 2 aromatic rings. The molecule has 2 aliphatic heterocycles. The van der Waals surface area contributed by atoms with Crippen molar-refractivity contribution in [1.82, 2.24) is 20.1 Å². The molecule has 0 aliphatic carbocycles. The van der Waals surface area contributed by atoms with Gasteiger partial charge in [0.2, 0.25) is 5.91 Å². The lowest BCUT2D eigenvalue weighted by atomic mass is 9.93. The molecular formula is C19H20N4O3. The van der Waals surface area contributed by atoms with E-state index < -0.39 is 6.03 Å². The summed E-state index contributed by atoms with van der Waals surface area (Å²) < 4.78 is 0. The van der Waals surface area contributed by atoms with Crippen LogP contribution >= 0.6 is 0 Å². The van der Waals surface area contributed by atoms with Crippen molar-refractivity contribution in [3.8, 4) is 0 Å². The topological polar surface area (TPSA) is 82.6 Å². The van der Waals surface area contributed by atoms with Crippen LogP contribution in [0.5, 0.6) is 0 Å². The maximum atomic E-state index is 12.6. The molecule has 0 radical (unpaired) electrons. The van der Waals surface area contributed by atoms with Crippen molar-refractivity contribution >= 4 is 28.6 Å². The molecule has 0 unspecified atom stereocenters. The number of benzene rings is 1. The normalized spacial score (nSPS) is 20.5. The zero-order valence-corrected chi connectivity index (χ0v) is 14.4. The number of fused-ring (bicyclic) bond motifs is 1. The van der Waals surface area contributed by atoms with Crippen LogP contribution in [0.25, 0.3) is 10.8 Å². The van der Waals surface area contributed by atoms with Crippen LogP contribution in [0.15, 0.2) is 36.5 Å². The molecule has 4 rings (SSSR count). The smallest absolute Gasteiger partial charge is 0.325 e. The quantitative estimate of drug-likeness (QED) is 0.849. The van der Waals surface area contributed by atoms with Gasteiger partial charge in [0.15, 0.2) is 0 Å². The maximum Gasteiger partial charge on any atom is 0.325 e. The lowest BCUT2D eigenvalue weighted by molar-refractivity contribution is -0.137. The number of amides is 4. The molecule has 2 saturated heterocycles. The first-order valence-electron chi connectivity index (χ1n) is 8.82. The van der Waals surface area contributed by atoms with Crippen molar-refractivity contribution in [2.24, 2.45) is 0 Å². The third kappa shape index (κ3) is 3.12. The fraction of sp³-hybridized carbons (Fsp3) is 0.368. The molecule has 7 nitrogen and oxygen atoms in total. The number of nitrogens with zero attached hydrogens (tertiary/aromatic N) is 3. The van der Waals surface area contributed by atoms with Crippen molar-refractivity contribution in [3.05, 3.63) is 42.2 Å². The van der Waals surface area contributed by atoms with Gasteiger partial charge in [0.25, 0.3) is 5.91 Å². The molecule has 7 heteroatoms. The van der Waals surface area contributed by atoms with Gasteiger partial charge in [-0.2, -0.15) is 0 Å². The lowest BCUT2D eigenvalue weighted by Crippen LogP contribution is -2.46. The maximum absolute atomic E-state index is 12.6. The molecule has 134 valence electrons. The Bertz CT molecular complexity index is 866. The lowest BCUT2D eigenvalue weighted by Gasteiger charge is -2.33. The second kappa shape index (κ2) is 6.74. The van der Waals surface area contributed by atoms with E-state index in [0.717, 1.165) is 34.2 Å². The Hall–Kier alpha value is -2.96. The Balaban J connectivity index is 1.47. The number of hydrogen-bond acceptors (Lipinski definition) is 4. The van der Waals surface area contributed by atoms with Crippen LogP contribution in [-0.2, 0) is 9.59 Å². The van der Waals surface area contributed by atoms with E-state index in [4.69, 9.17) is 0 Å². The van der Waals surface area contributed by atoms with Crippen LogP contribution in [0.3, 0.4) is 0 Å². The number of imide groups is 1. The summed E-state index contributed by atoms with van der Waals surface area (Å²) >= 11 is 0. The van der Waals surface area contributed by atoms with E-state index in [1.54, 1.807) is 4.90 Å². The van der Waals surface area contributed by atoms with Crippen LogP contribution in [0.2, 0.25) is 0 Å². The minimum Gasteiger partial charge on any atom is -0.340 e. The number of nitrogens with one attached hydrogen (secondary N) is 1. The van der Waals surface area contributed by atoms with Gasteiger partial charge < -0.3 is 10.2 Å². The van der Waals surface area contributed by atoms with E-state index in [1.165, 1.54) is 0 Å². The summed E-state index contributed by atoms with van der Waals surface area (Å²) in [6.07, 6.45) is 3.72. The molecular weight excluding hydrogens is 332 g/mol. The van der Waals surface area contributed by atoms with Gasteiger partial charge in [-0.05, 0) is 24.3 Å². The summed E-state index contributed by atoms with van der Waals surface area (Å²) in [6.45, 7) is 0.985. The minimum absolute atomic E-state index is 0.0320.